The van der Waals surface area contributed by atoms with Crippen LogP contribution in [-0.2, 0) is 19.1 Å². The predicted octanol–water partition coefficient (Wildman–Crippen LogP) is 1.52. The molecule has 3 rings (SSSR count). The number of amides is 2. The molecule has 1 atom stereocenters. The maximum absolute atomic E-state index is 12.8. The van der Waals surface area contributed by atoms with Gasteiger partial charge in [0.25, 0.3) is 0 Å². The Morgan fingerprint density at radius 3 is 2.61 bits per heavy atom. The third-order valence-corrected chi connectivity index (χ3v) is 4.64. The van der Waals surface area contributed by atoms with E-state index in [1.54, 1.807) is 4.90 Å². The van der Waals surface area contributed by atoms with Crippen molar-refractivity contribution >= 4 is 23.5 Å². The maximum atomic E-state index is 12.8. The number of rotatable bonds is 2. The number of para-hydroxylation sites is 1. The number of nitrogens with one attached hydrogen (secondary N) is 1. The number of nitrogens with zero attached hydrogens (tertiary/aromatic N) is 1. The fourth-order valence-electron chi connectivity index (χ4n) is 3.35. The largest absolute Gasteiger partial charge is 0.469 e. The highest BCUT2D eigenvalue weighted by atomic mass is 16.5. The summed E-state index contributed by atoms with van der Waals surface area (Å²) in [6, 6.07) is 7.42. The second kappa shape index (κ2) is 6.40. The highest BCUT2D eigenvalue weighted by Crippen LogP contribution is 2.34. The minimum atomic E-state index is -0.436. The van der Waals surface area contributed by atoms with Crippen LogP contribution < -0.4 is 5.32 Å². The second-order valence-corrected chi connectivity index (χ2v) is 6.01. The van der Waals surface area contributed by atoms with Gasteiger partial charge in [0.1, 0.15) is 0 Å². The summed E-state index contributed by atoms with van der Waals surface area (Å²) >= 11 is 0. The molecule has 1 aromatic rings. The van der Waals surface area contributed by atoms with Gasteiger partial charge in [0.05, 0.1) is 18.9 Å². The fraction of sp³-hybridized carbons (Fsp3) is 0.471. The average Bonchev–Trinajstić information content (AvgIpc) is 2.59. The number of esters is 1. The molecule has 23 heavy (non-hydrogen) atoms. The van der Waals surface area contributed by atoms with E-state index in [1.165, 1.54) is 7.11 Å². The SMILES string of the molecule is COC(=O)C1CCN(C(=O)C2CC(=O)Nc3ccccc32)CC1. The van der Waals surface area contributed by atoms with Crippen molar-refractivity contribution < 1.29 is 19.1 Å². The summed E-state index contributed by atoms with van der Waals surface area (Å²) in [5, 5.41) is 2.81. The molecule has 2 amide bonds. The molecule has 0 spiro atoms. The molecule has 0 aromatic heterocycles. The van der Waals surface area contributed by atoms with E-state index in [4.69, 9.17) is 4.74 Å². The van der Waals surface area contributed by atoms with Crippen LogP contribution in [0.25, 0.3) is 0 Å². The van der Waals surface area contributed by atoms with E-state index in [0.717, 1.165) is 5.56 Å². The number of ether oxygens (including phenoxy) is 1. The van der Waals surface area contributed by atoms with Crippen molar-refractivity contribution in [3.63, 3.8) is 0 Å². The lowest BCUT2D eigenvalue weighted by Crippen LogP contribution is -2.44. The lowest BCUT2D eigenvalue weighted by molar-refractivity contribution is -0.149. The van der Waals surface area contributed by atoms with Gasteiger partial charge in [-0.25, -0.2) is 0 Å². The molecule has 1 unspecified atom stereocenters. The molecule has 6 heteroatoms. The van der Waals surface area contributed by atoms with Gasteiger partial charge in [-0.15, -0.1) is 0 Å². The molecule has 1 fully saturated rings. The summed E-state index contributed by atoms with van der Waals surface area (Å²) in [4.78, 5) is 38.0. The van der Waals surface area contributed by atoms with Crippen molar-refractivity contribution in [1.82, 2.24) is 4.90 Å². The third kappa shape index (κ3) is 3.06. The average molecular weight is 316 g/mol. The molecule has 0 aliphatic carbocycles. The number of hydrogen-bond donors (Lipinski definition) is 1. The van der Waals surface area contributed by atoms with Crippen LogP contribution in [0.4, 0.5) is 5.69 Å². The van der Waals surface area contributed by atoms with Crippen LogP contribution in [0.2, 0.25) is 0 Å². The zero-order valence-corrected chi connectivity index (χ0v) is 13.1. The zero-order valence-electron chi connectivity index (χ0n) is 13.1. The predicted molar refractivity (Wildman–Crippen MR) is 83.7 cm³/mol. The number of carbonyl (C=O) groups excluding carboxylic acids is 3. The highest BCUT2D eigenvalue weighted by Gasteiger charge is 2.35. The second-order valence-electron chi connectivity index (χ2n) is 6.01. The van der Waals surface area contributed by atoms with Gasteiger partial charge in [-0.1, -0.05) is 18.2 Å². The van der Waals surface area contributed by atoms with Crippen LogP contribution >= 0.6 is 0 Å². The molecular weight excluding hydrogens is 296 g/mol. The van der Waals surface area contributed by atoms with Crippen molar-refractivity contribution in [3.05, 3.63) is 29.8 Å². The van der Waals surface area contributed by atoms with E-state index in [1.807, 2.05) is 24.3 Å². The summed E-state index contributed by atoms with van der Waals surface area (Å²) in [7, 11) is 1.39. The van der Waals surface area contributed by atoms with Gasteiger partial charge in [0.2, 0.25) is 11.8 Å². The van der Waals surface area contributed by atoms with Gasteiger partial charge in [-0.05, 0) is 24.5 Å². The molecule has 1 saturated heterocycles. The van der Waals surface area contributed by atoms with E-state index < -0.39 is 5.92 Å². The molecule has 2 heterocycles. The molecule has 0 bridgehead atoms. The fourth-order valence-corrected chi connectivity index (χ4v) is 3.35. The Morgan fingerprint density at radius 2 is 1.91 bits per heavy atom. The number of benzene rings is 1. The first-order valence-electron chi connectivity index (χ1n) is 7.85. The lowest BCUT2D eigenvalue weighted by Gasteiger charge is -2.34. The summed E-state index contributed by atoms with van der Waals surface area (Å²) in [5.74, 6) is -0.942. The minimum absolute atomic E-state index is 0.0318. The monoisotopic (exact) mass is 316 g/mol. The first-order valence-corrected chi connectivity index (χ1v) is 7.85. The topological polar surface area (TPSA) is 75.7 Å². The first kappa shape index (κ1) is 15.5. The molecule has 2 aliphatic rings. The van der Waals surface area contributed by atoms with Crippen LogP contribution in [0.15, 0.2) is 24.3 Å². The summed E-state index contributed by atoms with van der Waals surface area (Å²) in [6.45, 7) is 1.05. The van der Waals surface area contributed by atoms with Crippen molar-refractivity contribution in [1.29, 1.82) is 0 Å². The Labute approximate surface area is 134 Å². The van der Waals surface area contributed by atoms with E-state index in [9.17, 15) is 14.4 Å². The highest BCUT2D eigenvalue weighted by molar-refractivity contribution is 6.01. The Balaban J connectivity index is 1.72. The number of fused-ring (bicyclic) bond motifs is 1. The van der Waals surface area contributed by atoms with Gasteiger partial charge in [0.15, 0.2) is 0 Å². The number of carbonyl (C=O) groups is 3. The van der Waals surface area contributed by atoms with E-state index in [-0.39, 0.29) is 30.1 Å². The molecule has 122 valence electrons. The summed E-state index contributed by atoms with van der Waals surface area (Å²) < 4.78 is 4.77. The molecular formula is C17H20N2O4. The minimum Gasteiger partial charge on any atom is -0.469 e. The van der Waals surface area contributed by atoms with Crippen LogP contribution in [0, 0.1) is 5.92 Å². The van der Waals surface area contributed by atoms with Gasteiger partial charge >= 0.3 is 5.97 Å². The smallest absolute Gasteiger partial charge is 0.308 e. The zero-order chi connectivity index (χ0) is 16.4. The first-order chi connectivity index (χ1) is 11.1. The van der Waals surface area contributed by atoms with Crippen molar-refractivity contribution in [2.24, 2.45) is 5.92 Å². The van der Waals surface area contributed by atoms with Crippen LogP contribution in [0.3, 0.4) is 0 Å². The van der Waals surface area contributed by atoms with Crippen LogP contribution in [0.5, 0.6) is 0 Å². The molecule has 0 saturated carbocycles. The quantitative estimate of drug-likeness (QED) is 0.840. The van der Waals surface area contributed by atoms with E-state index in [0.29, 0.717) is 31.6 Å². The Morgan fingerprint density at radius 1 is 1.22 bits per heavy atom. The number of anilines is 1. The number of likely N-dealkylation sites (tertiary alicyclic amines) is 1. The van der Waals surface area contributed by atoms with Crippen LogP contribution in [-0.4, -0.2) is 42.9 Å². The van der Waals surface area contributed by atoms with Gasteiger partial charge < -0.3 is 15.0 Å². The maximum Gasteiger partial charge on any atom is 0.308 e. The van der Waals surface area contributed by atoms with Crippen molar-refractivity contribution in [3.8, 4) is 0 Å². The molecule has 1 aromatic carbocycles. The van der Waals surface area contributed by atoms with Crippen molar-refractivity contribution in [2.45, 2.75) is 25.2 Å². The Bertz CT molecular complexity index is 635. The summed E-state index contributed by atoms with van der Waals surface area (Å²) in [5.41, 5.74) is 1.58. The molecule has 6 nitrogen and oxygen atoms in total. The standard InChI is InChI=1S/C17H20N2O4/c1-23-17(22)11-6-8-19(9-7-11)16(21)13-10-15(20)18-14-5-3-2-4-12(13)14/h2-5,11,13H,6-10H2,1H3,(H,18,20). The van der Waals surface area contributed by atoms with Crippen molar-refractivity contribution in [2.75, 3.05) is 25.5 Å². The molecule has 1 N–H and O–H groups in total. The van der Waals surface area contributed by atoms with Gasteiger partial charge in [-0.3, -0.25) is 14.4 Å². The summed E-state index contributed by atoms with van der Waals surface area (Å²) in [6.07, 6.45) is 1.39. The van der Waals surface area contributed by atoms with Gasteiger partial charge in [0, 0.05) is 25.2 Å². The molecule has 0 radical (unpaired) electrons. The lowest BCUT2D eigenvalue weighted by atomic mass is 9.88. The van der Waals surface area contributed by atoms with E-state index in [2.05, 4.69) is 5.32 Å². The van der Waals surface area contributed by atoms with Gasteiger partial charge in [-0.2, -0.15) is 0 Å². The van der Waals surface area contributed by atoms with Crippen LogP contribution in [0.1, 0.15) is 30.7 Å². The normalized spacial score (nSPS) is 21.3. The molecule has 2 aliphatic heterocycles. The number of hydrogen-bond acceptors (Lipinski definition) is 4. The number of methoxy groups -OCH3 is 1. The number of piperidine rings is 1. The Hall–Kier alpha value is -2.37. The Kier molecular flexibility index (Phi) is 4.32. The third-order valence-electron chi connectivity index (χ3n) is 4.64. The van der Waals surface area contributed by atoms with E-state index >= 15 is 0 Å².